The Labute approximate surface area is 207 Å². The molecule has 2 aromatic heterocycles. The lowest BCUT2D eigenvalue weighted by atomic mass is 10.1. The molecule has 1 aliphatic rings. The highest BCUT2D eigenvalue weighted by atomic mass is 16.6. The highest BCUT2D eigenvalue weighted by molar-refractivity contribution is 5.99. The van der Waals surface area contributed by atoms with Gasteiger partial charge in [-0.2, -0.15) is 10.2 Å². The predicted octanol–water partition coefficient (Wildman–Crippen LogP) is 4.34. The molecule has 1 fully saturated rings. The highest BCUT2D eigenvalue weighted by Crippen LogP contribution is 2.34. The Bertz CT molecular complexity index is 1450. The van der Waals surface area contributed by atoms with Crippen LogP contribution >= 0.6 is 0 Å². The molecule has 0 spiro atoms. The molecule has 2 aromatic carbocycles. The van der Waals surface area contributed by atoms with Crippen molar-refractivity contribution in [1.29, 1.82) is 0 Å². The van der Waals surface area contributed by atoms with Crippen molar-refractivity contribution < 1.29 is 14.3 Å². The van der Waals surface area contributed by atoms with Crippen LogP contribution in [0.25, 0.3) is 22.2 Å². The van der Waals surface area contributed by atoms with Gasteiger partial charge in [0.1, 0.15) is 28.3 Å². The number of benzene rings is 2. The molecule has 0 radical (unpaired) electrons. The number of carbonyl (C=O) groups is 1. The summed E-state index contributed by atoms with van der Waals surface area (Å²) in [6.45, 7) is 6.36. The number of nitrogens with one attached hydrogen (secondary N) is 1. The van der Waals surface area contributed by atoms with Gasteiger partial charge in [0.2, 0.25) is 0 Å². The van der Waals surface area contributed by atoms with Crippen LogP contribution in [-0.4, -0.2) is 49.7 Å². The number of hydrogen-bond donors (Lipinski definition) is 2. The van der Waals surface area contributed by atoms with Crippen LogP contribution in [0.15, 0.2) is 59.4 Å². The second-order valence-electron chi connectivity index (χ2n) is 9.76. The molecule has 0 saturated carbocycles. The zero-order chi connectivity index (χ0) is 25.4. The molecule has 0 unspecified atom stereocenters. The van der Waals surface area contributed by atoms with Crippen LogP contribution in [0.5, 0.6) is 11.5 Å². The fourth-order valence-electron chi connectivity index (χ4n) is 4.32. The fourth-order valence-corrected chi connectivity index (χ4v) is 4.32. The van der Waals surface area contributed by atoms with Gasteiger partial charge in [0.05, 0.1) is 11.4 Å². The molecule has 0 bridgehead atoms. The van der Waals surface area contributed by atoms with Gasteiger partial charge >= 0.3 is 6.09 Å². The van der Waals surface area contributed by atoms with Crippen molar-refractivity contribution >= 4 is 22.8 Å². The van der Waals surface area contributed by atoms with Crippen LogP contribution in [0.1, 0.15) is 33.2 Å². The van der Waals surface area contributed by atoms with Crippen molar-refractivity contribution in [2.24, 2.45) is 0 Å². The van der Waals surface area contributed by atoms with Gasteiger partial charge in [-0.3, -0.25) is 9.48 Å². The zero-order valence-corrected chi connectivity index (χ0v) is 20.4. The number of amides is 1. The normalized spacial score (nSPS) is 15.9. The summed E-state index contributed by atoms with van der Waals surface area (Å²) in [5.41, 5.74) is 6.87. The van der Waals surface area contributed by atoms with Gasteiger partial charge in [0, 0.05) is 18.7 Å². The third-order valence-corrected chi connectivity index (χ3v) is 5.93. The summed E-state index contributed by atoms with van der Waals surface area (Å²) in [7, 11) is 0. The van der Waals surface area contributed by atoms with E-state index in [1.807, 2.05) is 75.4 Å². The van der Waals surface area contributed by atoms with Gasteiger partial charge in [0.15, 0.2) is 5.82 Å². The Morgan fingerprint density at radius 3 is 2.47 bits per heavy atom. The SMILES string of the molecule is CC(C)(C)OC(=O)N1CC[C@@H](n2nc(-c3ccc(Oc4ccccc4)cc3)c3c(N)n[nH]c(=O)c32)C1. The molecule has 3 heterocycles. The van der Waals surface area contributed by atoms with E-state index in [1.165, 1.54) is 0 Å². The number of nitrogen functional groups attached to an aromatic ring is 1. The maximum absolute atomic E-state index is 12.9. The summed E-state index contributed by atoms with van der Waals surface area (Å²) >= 11 is 0. The first-order valence-electron chi connectivity index (χ1n) is 11.8. The zero-order valence-electron chi connectivity index (χ0n) is 20.4. The lowest BCUT2D eigenvalue weighted by Gasteiger charge is -2.24. The second-order valence-corrected chi connectivity index (χ2v) is 9.76. The lowest BCUT2D eigenvalue weighted by Crippen LogP contribution is -2.35. The smallest absolute Gasteiger partial charge is 0.410 e. The first-order valence-corrected chi connectivity index (χ1v) is 11.8. The number of aromatic nitrogens is 4. The van der Waals surface area contributed by atoms with Gasteiger partial charge in [0.25, 0.3) is 5.56 Å². The van der Waals surface area contributed by atoms with Gasteiger partial charge in [-0.15, -0.1) is 0 Å². The molecule has 1 atom stereocenters. The number of ether oxygens (including phenoxy) is 2. The molecule has 1 saturated heterocycles. The summed E-state index contributed by atoms with van der Waals surface area (Å²) in [6.07, 6.45) is 0.242. The average molecular weight is 489 g/mol. The van der Waals surface area contributed by atoms with E-state index in [0.29, 0.717) is 41.9 Å². The van der Waals surface area contributed by atoms with Crippen LogP contribution in [-0.2, 0) is 4.74 Å². The van der Waals surface area contributed by atoms with E-state index < -0.39 is 11.2 Å². The lowest BCUT2D eigenvalue weighted by molar-refractivity contribution is 0.0288. The maximum atomic E-state index is 12.9. The van der Waals surface area contributed by atoms with Crippen molar-refractivity contribution in [2.75, 3.05) is 18.8 Å². The number of nitrogens with two attached hydrogens (primary N) is 1. The standard InChI is InChI=1S/C26H28N6O4/c1-26(2,3)36-25(34)31-14-13-17(15-31)32-22-20(23(27)28-29-24(22)33)21(30-32)16-9-11-19(12-10-16)35-18-7-5-4-6-8-18/h4-12,17H,13-15H2,1-3H3,(H2,27,28)(H,29,33)/t17-/m1/s1. The van der Waals surface area contributed by atoms with Crippen LogP contribution in [0.4, 0.5) is 10.6 Å². The number of likely N-dealkylation sites (tertiary alicyclic amines) is 1. The number of rotatable bonds is 4. The van der Waals surface area contributed by atoms with E-state index in [9.17, 15) is 9.59 Å². The average Bonchev–Trinajstić information content (AvgIpc) is 3.48. The number of para-hydroxylation sites is 1. The number of anilines is 1. The first-order chi connectivity index (χ1) is 17.2. The summed E-state index contributed by atoms with van der Waals surface area (Å²) < 4.78 is 13.1. The van der Waals surface area contributed by atoms with Crippen molar-refractivity contribution in [3.05, 3.63) is 65.0 Å². The Kier molecular flexibility index (Phi) is 5.87. The van der Waals surface area contributed by atoms with Crippen LogP contribution in [0.3, 0.4) is 0 Å². The molecule has 36 heavy (non-hydrogen) atoms. The largest absolute Gasteiger partial charge is 0.457 e. The van der Waals surface area contributed by atoms with E-state index in [4.69, 9.17) is 20.3 Å². The maximum Gasteiger partial charge on any atom is 0.410 e. The molecule has 1 aliphatic heterocycles. The third kappa shape index (κ3) is 4.61. The minimum atomic E-state index is -0.589. The van der Waals surface area contributed by atoms with Crippen molar-refractivity contribution in [3.8, 4) is 22.8 Å². The number of carbonyl (C=O) groups excluding carboxylic acids is 1. The Morgan fingerprint density at radius 1 is 1.08 bits per heavy atom. The predicted molar refractivity (Wildman–Crippen MR) is 136 cm³/mol. The Balaban J connectivity index is 1.48. The first kappa shape index (κ1) is 23.4. The van der Waals surface area contributed by atoms with E-state index in [0.717, 1.165) is 11.3 Å². The molecular weight excluding hydrogens is 460 g/mol. The minimum absolute atomic E-state index is 0.178. The fraction of sp³-hybridized carbons (Fsp3) is 0.308. The van der Waals surface area contributed by atoms with Gasteiger partial charge in [-0.25, -0.2) is 9.89 Å². The van der Waals surface area contributed by atoms with Gasteiger partial charge in [-0.05, 0) is 63.6 Å². The summed E-state index contributed by atoms with van der Waals surface area (Å²) in [4.78, 5) is 27.1. The molecule has 10 nitrogen and oxygen atoms in total. The number of fused-ring (bicyclic) bond motifs is 1. The van der Waals surface area contributed by atoms with Crippen LogP contribution in [0, 0.1) is 0 Å². The third-order valence-electron chi connectivity index (χ3n) is 5.93. The summed E-state index contributed by atoms with van der Waals surface area (Å²) in [5.74, 6) is 1.58. The van der Waals surface area contributed by atoms with Gasteiger partial charge in [-0.1, -0.05) is 18.2 Å². The molecule has 5 rings (SSSR count). The summed E-state index contributed by atoms with van der Waals surface area (Å²) in [6, 6.07) is 16.7. The minimum Gasteiger partial charge on any atom is -0.457 e. The Morgan fingerprint density at radius 2 is 1.78 bits per heavy atom. The van der Waals surface area contributed by atoms with Crippen LogP contribution in [0.2, 0.25) is 0 Å². The van der Waals surface area contributed by atoms with Crippen molar-refractivity contribution in [1.82, 2.24) is 24.9 Å². The summed E-state index contributed by atoms with van der Waals surface area (Å²) in [5, 5.41) is 11.7. The van der Waals surface area contributed by atoms with Gasteiger partial charge < -0.3 is 20.1 Å². The highest BCUT2D eigenvalue weighted by Gasteiger charge is 2.33. The van der Waals surface area contributed by atoms with E-state index in [1.54, 1.807) is 9.58 Å². The number of aromatic amines is 1. The molecular formula is C26H28N6O4. The van der Waals surface area contributed by atoms with Crippen LogP contribution < -0.4 is 16.0 Å². The number of nitrogens with zero attached hydrogens (tertiary/aromatic N) is 4. The molecule has 1 amide bonds. The van der Waals surface area contributed by atoms with E-state index in [-0.39, 0.29) is 18.0 Å². The molecule has 186 valence electrons. The van der Waals surface area contributed by atoms with E-state index >= 15 is 0 Å². The van der Waals surface area contributed by atoms with Crippen molar-refractivity contribution in [2.45, 2.75) is 38.8 Å². The molecule has 4 aromatic rings. The number of hydrogen-bond acceptors (Lipinski definition) is 7. The molecule has 0 aliphatic carbocycles. The molecule has 3 N–H and O–H groups in total. The van der Waals surface area contributed by atoms with E-state index in [2.05, 4.69) is 10.2 Å². The quantitative estimate of drug-likeness (QED) is 0.437. The monoisotopic (exact) mass is 488 g/mol. The topological polar surface area (TPSA) is 128 Å². The second kappa shape index (κ2) is 9.03. The van der Waals surface area contributed by atoms with Crippen molar-refractivity contribution in [3.63, 3.8) is 0 Å². The number of H-pyrrole nitrogens is 1. The molecule has 10 heteroatoms. The Hall–Kier alpha value is -4.34.